The number of hydrogen-bond acceptors (Lipinski definition) is 4. The highest BCUT2D eigenvalue weighted by Crippen LogP contribution is 2.14. The Morgan fingerprint density at radius 1 is 1.19 bits per heavy atom. The Balaban J connectivity index is 2.49. The van der Waals surface area contributed by atoms with Crippen molar-refractivity contribution < 1.29 is 5.21 Å². The van der Waals surface area contributed by atoms with Crippen LogP contribution in [0.25, 0.3) is 11.4 Å². The molecule has 0 radical (unpaired) electrons. The lowest BCUT2D eigenvalue weighted by atomic mass is 10.2. The van der Waals surface area contributed by atoms with Crippen LogP contribution in [0.3, 0.4) is 0 Å². The van der Waals surface area contributed by atoms with Gasteiger partial charge in [-0.05, 0) is 13.0 Å². The van der Waals surface area contributed by atoms with E-state index >= 15 is 0 Å². The second-order valence-corrected chi connectivity index (χ2v) is 3.37. The Morgan fingerprint density at radius 2 is 1.94 bits per heavy atom. The second kappa shape index (κ2) is 4.53. The van der Waals surface area contributed by atoms with E-state index in [1.165, 1.54) is 6.21 Å². The molecule has 4 nitrogen and oxygen atoms in total. The number of benzene rings is 1. The van der Waals surface area contributed by atoms with Crippen LogP contribution in [0.2, 0.25) is 0 Å². The fourth-order valence-electron chi connectivity index (χ4n) is 1.43. The van der Waals surface area contributed by atoms with Gasteiger partial charge in [0.25, 0.3) is 0 Å². The van der Waals surface area contributed by atoms with E-state index in [0.29, 0.717) is 11.5 Å². The predicted octanol–water partition coefficient (Wildman–Crippen LogP) is 2.26. The Labute approximate surface area is 93.3 Å². The highest BCUT2D eigenvalue weighted by Gasteiger charge is 2.02. The van der Waals surface area contributed by atoms with E-state index in [2.05, 4.69) is 15.1 Å². The van der Waals surface area contributed by atoms with Gasteiger partial charge in [-0.2, -0.15) is 0 Å². The van der Waals surface area contributed by atoms with E-state index in [1.807, 2.05) is 37.3 Å². The first-order chi connectivity index (χ1) is 7.79. The first-order valence-electron chi connectivity index (χ1n) is 4.88. The van der Waals surface area contributed by atoms with Crippen molar-refractivity contribution in [2.24, 2.45) is 5.16 Å². The Morgan fingerprint density at radius 3 is 2.62 bits per heavy atom. The maximum atomic E-state index is 8.48. The van der Waals surface area contributed by atoms with Crippen molar-refractivity contribution in [2.45, 2.75) is 6.92 Å². The molecule has 0 aliphatic carbocycles. The quantitative estimate of drug-likeness (QED) is 0.473. The Hall–Kier alpha value is -2.23. The van der Waals surface area contributed by atoms with Crippen LogP contribution in [0.15, 0.2) is 41.6 Å². The molecule has 1 aromatic carbocycles. The van der Waals surface area contributed by atoms with Crippen molar-refractivity contribution in [1.82, 2.24) is 9.97 Å². The summed E-state index contributed by atoms with van der Waals surface area (Å²) in [5.74, 6) is 0.635. The maximum Gasteiger partial charge on any atom is 0.160 e. The lowest BCUT2D eigenvalue weighted by Crippen LogP contribution is -1.97. The monoisotopic (exact) mass is 213 g/mol. The summed E-state index contributed by atoms with van der Waals surface area (Å²) in [5.41, 5.74) is 2.37. The molecule has 0 fully saturated rings. The summed E-state index contributed by atoms with van der Waals surface area (Å²) >= 11 is 0. The van der Waals surface area contributed by atoms with Crippen molar-refractivity contribution in [3.63, 3.8) is 0 Å². The number of aryl methyl sites for hydroxylation is 1. The summed E-state index contributed by atoms with van der Waals surface area (Å²) in [7, 11) is 0. The zero-order valence-electron chi connectivity index (χ0n) is 8.83. The van der Waals surface area contributed by atoms with Gasteiger partial charge in [0.05, 0.1) is 11.9 Å². The summed E-state index contributed by atoms with van der Waals surface area (Å²) in [6, 6.07) is 11.4. The number of rotatable bonds is 2. The molecule has 0 unspecified atom stereocenters. The fraction of sp³-hybridized carbons (Fsp3) is 0.0833. The fourth-order valence-corrected chi connectivity index (χ4v) is 1.43. The van der Waals surface area contributed by atoms with Gasteiger partial charge in [0.15, 0.2) is 5.82 Å². The smallest absolute Gasteiger partial charge is 0.160 e. The lowest BCUT2D eigenvalue weighted by molar-refractivity contribution is 0.321. The SMILES string of the molecule is Cc1cc(C=NO)nc(-c2ccccc2)n1. The minimum atomic E-state index is 0.592. The van der Waals surface area contributed by atoms with E-state index in [4.69, 9.17) is 5.21 Å². The van der Waals surface area contributed by atoms with E-state index in [9.17, 15) is 0 Å². The molecule has 0 saturated carbocycles. The third kappa shape index (κ3) is 2.23. The molecule has 0 atom stereocenters. The molecule has 0 bridgehead atoms. The van der Waals surface area contributed by atoms with Gasteiger partial charge in [-0.3, -0.25) is 0 Å². The molecule has 1 heterocycles. The van der Waals surface area contributed by atoms with Crippen molar-refractivity contribution in [3.05, 3.63) is 47.8 Å². The van der Waals surface area contributed by atoms with Gasteiger partial charge in [0.2, 0.25) is 0 Å². The number of hydrogen-bond donors (Lipinski definition) is 1. The molecule has 2 rings (SSSR count). The van der Waals surface area contributed by atoms with Gasteiger partial charge in [-0.1, -0.05) is 35.5 Å². The molecule has 0 aliphatic rings. The molecule has 4 heteroatoms. The minimum Gasteiger partial charge on any atom is -0.411 e. The van der Waals surface area contributed by atoms with Crippen LogP contribution in [0.5, 0.6) is 0 Å². The highest BCUT2D eigenvalue weighted by atomic mass is 16.4. The van der Waals surface area contributed by atoms with Crippen LogP contribution < -0.4 is 0 Å². The summed E-state index contributed by atoms with van der Waals surface area (Å²) in [6.45, 7) is 1.88. The van der Waals surface area contributed by atoms with Crippen LogP contribution >= 0.6 is 0 Å². The minimum absolute atomic E-state index is 0.592. The van der Waals surface area contributed by atoms with Crippen molar-refractivity contribution in [2.75, 3.05) is 0 Å². The third-order valence-corrected chi connectivity index (χ3v) is 2.10. The van der Waals surface area contributed by atoms with Gasteiger partial charge in [0.1, 0.15) is 0 Å². The van der Waals surface area contributed by atoms with E-state index in [-0.39, 0.29) is 0 Å². The Kier molecular flexibility index (Phi) is 2.91. The summed E-state index contributed by atoms with van der Waals surface area (Å²) in [4.78, 5) is 8.61. The number of aromatic nitrogens is 2. The standard InChI is InChI=1S/C12H11N3O/c1-9-7-11(8-13-16)15-12(14-9)10-5-3-2-4-6-10/h2-8,16H,1H3. The first kappa shape index (κ1) is 10.3. The Bertz CT molecular complexity index is 509. The zero-order chi connectivity index (χ0) is 11.4. The lowest BCUT2D eigenvalue weighted by Gasteiger charge is -2.02. The predicted molar refractivity (Wildman–Crippen MR) is 61.6 cm³/mol. The second-order valence-electron chi connectivity index (χ2n) is 3.37. The molecule has 0 spiro atoms. The topological polar surface area (TPSA) is 58.4 Å². The molecule has 0 amide bonds. The van der Waals surface area contributed by atoms with Crippen LogP contribution in [-0.4, -0.2) is 21.4 Å². The van der Waals surface area contributed by atoms with Gasteiger partial charge in [0, 0.05) is 11.3 Å². The molecule has 1 aromatic heterocycles. The van der Waals surface area contributed by atoms with Gasteiger partial charge < -0.3 is 5.21 Å². The van der Waals surface area contributed by atoms with Gasteiger partial charge in [-0.25, -0.2) is 9.97 Å². The first-order valence-corrected chi connectivity index (χ1v) is 4.88. The van der Waals surface area contributed by atoms with E-state index < -0.39 is 0 Å². The largest absolute Gasteiger partial charge is 0.411 e. The molecule has 2 aromatic rings. The van der Waals surface area contributed by atoms with E-state index in [1.54, 1.807) is 6.07 Å². The number of oxime groups is 1. The summed E-state index contributed by atoms with van der Waals surface area (Å²) in [5, 5.41) is 11.4. The average Bonchev–Trinajstić information content (AvgIpc) is 2.30. The van der Waals surface area contributed by atoms with Gasteiger partial charge >= 0.3 is 0 Å². The molecule has 1 N–H and O–H groups in total. The molecular weight excluding hydrogens is 202 g/mol. The van der Waals surface area contributed by atoms with Crippen molar-refractivity contribution in [1.29, 1.82) is 0 Å². The highest BCUT2D eigenvalue weighted by molar-refractivity contribution is 5.77. The zero-order valence-corrected chi connectivity index (χ0v) is 8.83. The summed E-state index contributed by atoms with van der Waals surface area (Å²) in [6.07, 6.45) is 1.29. The molecule has 0 saturated heterocycles. The molecule has 0 aliphatic heterocycles. The summed E-state index contributed by atoms with van der Waals surface area (Å²) < 4.78 is 0. The third-order valence-electron chi connectivity index (χ3n) is 2.10. The van der Waals surface area contributed by atoms with Crippen molar-refractivity contribution in [3.8, 4) is 11.4 Å². The average molecular weight is 213 g/mol. The van der Waals surface area contributed by atoms with Gasteiger partial charge in [-0.15, -0.1) is 0 Å². The number of nitrogens with zero attached hydrogens (tertiary/aromatic N) is 3. The molecular formula is C12H11N3O. The molecule has 80 valence electrons. The van der Waals surface area contributed by atoms with Crippen LogP contribution in [0, 0.1) is 6.92 Å². The van der Waals surface area contributed by atoms with E-state index in [0.717, 1.165) is 11.3 Å². The maximum absolute atomic E-state index is 8.48. The van der Waals surface area contributed by atoms with Crippen LogP contribution in [0.1, 0.15) is 11.4 Å². The van der Waals surface area contributed by atoms with Crippen LogP contribution in [0.4, 0.5) is 0 Å². The van der Waals surface area contributed by atoms with Crippen molar-refractivity contribution >= 4 is 6.21 Å². The normalized spacial score (nSPS) is 10.8. The molecule has 16 heavy (non-hydrogen) atoms. The van der Waals surface area contributed by atoms with Crippen LogP contribution in [-0.2, 0) is 0 Å².